The third-order valence-corrected chi connectivity index (χ3v) is 4.88. The quantitative estimate of drug-likeness (QED) is 0.243. The van der Waals surface area contributed by atoms with E-state index in [1.54, 1.807) is 12.1 Å². The molecule has 0 unspecified atom stereocenters. The van der Waals surface area contributed by atoms with Crippen LogP contribution in [0, 0.1) is 19.7 Å². The van der Waals surface area contributed by atoms with Gasteiger partial charge in [-0.25, -0.2) is 9.82 Å². The molecule has 4 aromatic rings. The molecule has 0 aliphatic rings. The number of hydrazone groups is 1. The Hall–Kier alpha value is -4.33. The summed E-state index contributed by atoms with van der Waals surface area (Å²) < 4.78 is 13.2. The molecule has 7 nitrogen and oxygen atoms in total. The van der Waals surface area contributed by atoms with Gasteiger partial charge in [-0.2, -0.15) is 20.1 Å². The lowest BCUT2D eigenvalue weighted by molar-refractivity contribution is 0.628. The molecule has 4 rings (SSSR count). The van der Waals surface area contributed by atoms with Crippen LogP contribution in [-0.4, -0.2) is 20.7 Å². The maximum Gasteiger partial charge on any atom is 0.250 e. The van der Waals surface area contributed by atoms with E-state index in [4.69, 9.17) is 0 Å². The molecule has 0 saturated heterocycles. The predicted octanol–water partition coefficient (Wildman–Crippen LogP) is 5.95. The molecule has 0 aliphatic heterocycles. The molecular weight excluding hydrogens is 417 g/mol. The lowest BCUT2D eigenvalue weighted by Crippen LogP contribution is -2.09. The normalized spacial score (nSPS) is 11.2. The summed E-state index contributed by atoms with van der Waals surface area (Å²) in [5, 5.41) is 10.8. The van der Waals surface area contributed by atoms with Gasteiger partial charge < -0.3 is 10.6 Å². The fourth-order valence-corrected chi connectivity index (χ4v) is 3.15. The van der Waals surface area contributed by atoms with Crippen molar-refractivity contribution < 1.29 is 4.39 Å². The highest BCUT2D eigenvalue weighted by Crippen LogP contribution is 2.22. The highest BCUT2D eigenvalue weighted by molar-refractivity contribution is 5.98. The van der Waals surface area contributed by atoms with Crippen molar-refractivity contribution in [1.82, 2.24) is 15.0 Å². The average molecular weight is 442 g/mol. The van der Waals surface area contributed by atoms with E-state index in [9.17, 15) is 4.39 Å². The van der Waals surface area contributed by atoms with Gasteiger partial charge in [0.25, 0.3) is 0 Å². The summed E-state index contributed by atoms with van der Waals surface area (Å²) in [4.78, 5) is 13.4. The lowest BCUT2D eigenvalue weighted by atomic mass is 10.1. The minimum absolute atomic E-state index is 0.261. The lowest BCUT2D eigenvalue weighted by Gasteiger charge is -2.12. The smallest absolute Gasteiger partial charge is 0.250 e. The van der Waals surface area contributed by atoms with Gasteiger partial charge in [-0.1, -0.05) is 48.0 Å². The highest BCUT2D eigenvalue weighted by atomic mass is 19.1. The number of halogens is 1. The molecule has 0 saturated carbocycles. The van der Waals surface area contributed by atoms with Crippen molar-refractivity contribution in [1.29, 1.82) is 0 Å². The van der Waals surface area contributed by atoms with Gasteiger partial charge in [0.2, 0.25) is 17.8 Å². The SMILES string of the molecule is C/C(=N\Nc1nc(Nc2ccccc2)nc(Nc2ccc(C)cc2C)n1)c1ccc(F)cc1. The van der Waals surface area contributed by atoms with Gasteiger partial charge in [0, 0.05) is 11.4 Å². The largest absolute Gasteiger partial charge is 0.324 e. The van der Waals surface area contributed by atoms with Crippen molar-refractivity contribution in [2.75, 3.05) is 16.1 Å². The number of benzene rings is 3. The average Bonchev–Trinajstić information content (AvgIpc) is 2.80. The van der Waals surface area contributed by atoms with Gasteiger partial charge in [-0.15, -0.1) is 0 Å². The van der Waals surface area contributed by atoms with Crippen molar-refractivity contribution >= 4 is 34.9 Å². The maximum absolute atomic E-state index is 13.2. The van der Waals surface area contributed by atoms with Gasteiger partial charge in [0.15, 0.2) is 0 Å². The zero-order chi connectivity index (χ0) is 23.2. The molecule has 8 heteroatoms. The molecule has 0 spiro atoms. The van der Waals surface area contributed by atoms with Gasteiger partial charge in [0.05, 0.1) is 5.71 Å². The summed E-state index contributed by atoms with van der Waals surface area (Å²) in [6.07, 6.45) is 0. The third kappa shape index (κ3) is 5.88. The second-order valence-corrected chi connectivity index (χ2v) is 7.56. The standard InChI is InChI=1S/C25H24FN7/c1-16-9-14-22(17(2)15-16)28-24-29-23(27-21-7-5-4-6-8-21)30-25(31-24)33-32-18(3)19-10-12-20(26)13-11-19/h4-15H,1-3H3,(H3,27,28,29,30,31,33)/b32-18+. The van der Waals surface area contributed by atoms with E-state index in [-0.39, 0.29) is 11.8 Å². The van der Waals surface area contributed by atoms with E-state index in [0.29, 0.717) is 17.6 Å². The second-order valence-electron chi connectivity index (χ2n) is 7.56. The van der Waals surface area contributed by atoms with Crippen LogP contribution < -0.4 is 16.1 Å². The van der Waals surface area contributed by atoms with E-state index in [2.05, 4.69) is 42.2 Å². The Bertz CT molecular complexity index is 1270. The van der Waals surface area contributed by atoms with Crippen LogP contribution in [0.4, 0.5) is 33.6 Å². The van der Waals surface area contributed by atoms with Crippen molar-refractivity contribution in [2.24, 2.45) is 5.10 Å². The number of rotatable bonds is 7. The van der Waals surface area contributed by atoms with Gasteiger partial charge in [-0.05, 0) is 62.2 Å². The summed E-state index contributed by atoms with van der Waals surface area (Å²) in [6, 6.07) is 21.8. The molecule has 3 N–H and O–H groups in total. The van der Waals surface area contributed by atoms with Crippen LogP contribution in [0.1, 0.15) is 23.6 Å². The van der Waals surface area contributed by atoms with Crippen molar-refractivity contribution in [3.8, 4) is 0 Å². The Morgan fingerprint density at radius 1 is 0.788 bits per heavy atom. The van der Waals surface area contributed by atoms with Crippen LogP contribution in [0.5, 0.6) is 0 Å². The topological polar surface area (TPSA) is 87.1 Å². The molecule has 166 valence electrons. The van der Waals surface area contributed by atoms with E-state index >= 15 is 0 Å². The monoisotopic (exact) mass is 441 g/mol. The number of hydrogen-bond donors (Lipinski definition) is 3. The number of para-hydroxylation sites is 1. The summed E-state index contributed by atoms with van der Waals surface area (Å²) >= 11 is 0. The molecule has 1 heterocycles. The molecule has 33 heavy (non-hydrogen) atoms. The highest BCUT2D eigenvalue weighted by Gasteiger charge is 2.09. The summed E-state index contributed by atoms with van der Waals surface area (Å²) in [6.45, 7) is 5.89. The van der Waals surface area contributed by atoms with Crippen molar-refractivity contribution in [3.05, 3.63) is 95.3 Å². The Labute approximate surface area is 191 Å². The minimum Gasteiger partial charge on any atom is -0.324 e. The van der Waals surface area contributed by atoms with E-state index < -0.39 is 0 Å². The molecule has 0 bridgehead atoms. The molecule has 0 aliphatic carbocycles. The number of nitrogens with one attached hydrogen (secondary N) is 3. The maximum atomic E-state index is 13.2. The number of aryl methyl sites for hydroxylation is 2. The van der Waals surface area contributed by atoms with E-state index in [0.717, 1.165) is 22.5 Å². The molecule has 0 amide bonds. The number of anilines is 5. The zero-order valence-electron chi connectivity index (χ0n) is 18.6. The number of aromatic nitrogens is 3. The minimum atomic E-state index is -0.296. The predicted molar refractivity (Wildman–Crippen MR) is 131 cm³/mol. The fraction of sp³-hybridized carbons (Fsp3) is 0.120. The summed E-state index contributed by atoms with van der Waals surface area (Å²) in [5.74, 6) is 0.695. The Kier molecular flexibility index (Phi) is 6.54. The first kappa shape index (κ1) is 21.9. The first-order chi connectivity index (χ1) is 16.0. The van der Waals surface area contributed by atoms with Crippen LogP contribution in [0.3, 0.4) is 0 Å². The van der Waals surface area contributed by atoms with Crippen LogP contribution in [0.15, 0.2) is 77.9 Å². The Morgan fingerprint density at radius 2 is 1.45 bits per heavy atom. The van der Waals surface area contributed by atoms with Gasteiger partial charge in [-0.3, -0.25) is 0 Å². The van der Waals surface area contributed by atoms with E-state index in [1.165, 1.54) is 17.7 Å². The van der Waals surface area contributed by atoms with Crippen molar-refractivity contribution in [3.63, 3.8) is 0 Å². The van der Waals surface area contributed by atoms with Gasteiger partial charge >= 0.3 is 0 Å². The molecule has 0 radical (unpaired) electrons. The Morgan fingerprint density at radius 3 is 2.15 bits per heavy atom. The molecular formula is C25H24FN7. The molecule has 3 aromatic carbocycles. The van der Waals surface area contributed by atoms with Crippen LogP contribution in [-0.2, 0) is 0 Å². The number of hydrogen-bond acceptors (Lipinski definition) is 7. The van der Waals surface area contributed by atoms with Gasteiger partial charge in [0.1, 0.15) is 5.82 Å². The summed E-state index contributed by atoms with van der Waals surface area (Å²) in [5.41, 5.74) is 8.33. The second kappa shape index (κ2) is 9.86. The first-order valence-corrected chi connectivity index (χ1v) is 10.4. The van der Waals surface area contributed by atoms with Crippen LogP contribution >= 0.6 is 0 Å². The number of nitrogens with zero attached hydrogens (tertiary/aromatic N) is 4. The molecule has 0 atom stereocenters. The Balaban J connectivity index is 1.63. The fourth-order valence-electron chi connectivity index (χ4n) is 3.15. The van der Waals surface area contributed by atoms with Crippen LogP contribution in [0.25, 0.3) is 0 Å². The first-order valence-electron chi connectivity index (χ1n) is 10.4. The molecule has 0 fully saturated rings. The summed E-state index contributed by atoms with van der Waals surface area (Å²) in [7, 11) is 0. The molecule has 1 aromatic heterocycles. The zero-order valence-corrected chi connectivity index (χ0v) is 18.6. The van der Waals surface area contributed by atoms with E-state index in [1.807, 2.05) is 63.2 Å². The van der Waals surface area contributed by atoms with Crippen LogP contribution in [0.2, 0.25) is 0 Å². The third-order valence-electron chi connectivity index (χ3n) is 4.88. The van der Waals surface area contributed by atoms with Crippen molar-refractivity contribution in [2.45, 2.75) is 20.8 Å².